The molecule has 1 unspecified atom stereocenters. The van der Waals surface area contributed by atoms with E-state index in [0.717, 1.165) is 18.1 Å². The Kier molecular flexibility index (Phi) is 7.92. The maximum absolute atomic E-state index is 13.5. The van der Waals surface area contributed by atoms with E-state index >= 15 is 0 Å². The molecule has 0 bridgehead atoms. The molecule has 1 aliphatic rings. The SMILES string of the molecule is CCc1ccn(CC(=O)N2CCN(c3sc(C(F)(F)F)nc3-c3cnc(C(F)(F)F)nc3)CC2CCO)n1. The molecule has 9 nitrogen and oxygen atoms in total. The molecule has 4 heterocycles. The molecule has 0 radical (unpaired) electrons. The van der Waals surface area contributed by atoms with Gasteiger partial charge in [-0.2, -0.15) is 31.4 Å². The maximum atomic E-state index is 13.5. The minimum absolute atomic E-state index is 0.0329. The first kappa shape index (κ1) is 27.8. The minimum Gasteiger partial charge on any atom is -0.396 e. The molecule has 0 spiro atoms. The molecule has 3 aromatic rings. The van der Waals surface area contributed by atoms with Gasteiger partial charge in [0, 0.05) is 50.4 Å². The Bertz CT molecular complexity index is 1260. The number of anilines is 1. The van der Waals surface area contributed by atoms with Gasteiger partial charge in [-0.25, -0.2) is 15.0 Å². The van der Waals surface area contributed by atoms with E-state index in [-0.39, 0.29) is 61.4 Å². The van der Waals surface area contributed by atoms with Crippen LogP contribution in [0.3, 0.4) is 0 Å². The van der Waals surface area contributed by atoms with Crippen LogP contribution in [0.5, 0.6) is 0 Å². The van der Waals surface area contributed by atoms with Crippen LogP contribution in [0.15, 0.2) is 24.7 Å². The van der Waals surface area contributed by atoms with E-state index in [0.29, 0.717) is 17.8 Å². The molecule has 0 aliphatic carbocycles. The molecular formula is C22H23F6N7O2S. The van der Waals surface area contributed by atoms with Crippen molar-refractivity contribution in [3.63, 3.8) is 0 Å². The Hall–Kier alpha value is -3.27. The number of nitrogens with zero attached hydrogens (tertiary/aromatic N) is 7. The van der Waals surface area contributed by atoms with Crippen molar-refractivity contribution in [2.75, 3.05) is 31.1 Å². The number of carbonyl (C=O) groups excluding carboxylic acids is 1. The van der Waals surface area contributed by atoms with Gasteiger partial charge in [0.25, 0.3) is 0 Å². The fourth-order valence-corrected chi connectivity index (χ4v) is 5.10. The zero-order chi connectivity index (χ0) is 27.7. The van der Waals surface area contributed by atoms with Crippen LogP contribution < -0.4 is 4.90 Å². The predicted octanol–water partition coefficient (Wildman–Crippen LogP) is 3.50. The van der Waals surface area contributed by atoms with Gasteiger partial charge in [-0.3, -0.25) is 9.48 Å². The minimum atomic E-state index is -4.81. The van der Waals surface area contributed by atoms with Gasteiger partial charge in [0.05, 0.1) is 11.7 Å². The quantitative estimate of drug-likeness (QED) is 0.440. The lowest BCUT2D eigenvalue weighted by atomic mass is 10.1. The van der Waals surface area contributed by atoms with Crippen molar-refractivity contribution < 1.29 is 36.2 Å². The molecule has 1 amide bonds. The largest absolute Gasteiger partial charge is 0.451 e. The van der Waals surface area contributed by atoms with E-state index < -0.39 is 29.2 Å². The van der Waals surface area contributed by atoms with Crippen LogP contribution in [0.1, 0.15) is 29.9 Å². The van der Waals surface area contributed by atoms with Gasteiger partial charge < -0.3 is 14.9 Å². The number of hydrogen-bond donors (Lipinski definition) is 1. The first-order valence-corrected chi connectivity index (χ1v) is 12.4. The summed E-state index contributed by atoms with van der Waals surface area (Å²) in [5, 5.41) is 12.8. The predicted molar refractivity (Wildman–Crippen MR) is 124 cm³/mol. The number of rotatable bonds is 7. The summed E-state index contributed by atoms with van der Waals surface area (Å²) in [6, 6.07) is 1.26. The fraction of sp³-hybridized carbons (Fsp3) is 0.500. The van der Waals surface area contributed by atoms with E-state index in [2.05, 4.69) is 20.1 Å². The van der Waals surface area contributed by atoms with E-state index in [1.807, 2.05) is 6.92 Å². The third kappa shape index (κ3) is 6.06. The lowest BCUT2D eigenvalue weighted by Gasteiger charge is -2.42. The molecule has 206 valence electrons. The first-order valence-electron chi connectivity index (χ1n) is 11.6. The normalized spacial score (nSPS) is 16.8. The molecule has 0 saturated carbocycles. The van der Waals surface area contributed by atoms with Crippen LogP contribution in [-0.4, -0.2) is 72.9 Å². The standard InChI is InChI=1S/C22H23F6N7O2S/c1-2-14-3-5-34(32-14)12-16(37)35-7-6-33(11-15(35)4-8-36)18-17(31-20(38-18)22(26,27)28)13-9-29-19(30-10-13)21(23,24)25/h3,5,9-10,15,36H,2,4,6-8,11-12H2,1H3. The van der Waals surface area contributed by atoms with Crippen LogP contribution >= 0.6 is 11.3 Å². The van der Waals surface area contributed by atoms with Crippen molar-refractivity contribution in [2.24, 2.45) is 0 Å². The number of aryl methyl sites for hydroxylation is 1. The number of thiazole rings is 1. The van der Waals surface area contributed by atoms with Crippen molar-refractivity contribution >= 4 is 22.2 Å². The number of aliphatic hydroxyl groups excluding tert-OH is 1. The van der Waals surface area contributed by atoms with Crippen LogP contribution in [0.25, 0.3) is 11.3 Å². The Morgan fingerprint density at radius 3 is 2.42 bits per heavy atom. The number of piperazine rings is 1. The van der Waals surface area contributed by atoms with Crippen molar-refractivity contribution in [1.82, 2.24) is 29.6 Å². The third-order valence-corrected chi connectivity index (χ3v) is 7.10. The molecule has 1 N–H and O–H groups in total. The van der Waals surface area contributed by atoms with E-state index in [1.165, 1.54) is 4.68 Å². The van der Waals surface area contributed by atoms with Gasteiger partial charge in [0.15, 0.2) is 0 Å². The lowest BCUT2D eigenvalue weighted by molar-refractivity contribution is -0.145. The van der Waals surface area contributed by atoms with Crippen molar-refractivity contribution in [3.05, 3.63) is 41.2 Å². The molecule has 0 aromatic carbocycles. The fourth-order valence-electron chi connectivity index (χ4n) is 4.11. The Balaban J connectivity index is 1.60. The second kappa shape index (κ2) is 10.8. The molecule has 3 aromatic heterocycles. The van der Waals surface area contributed by atoms with Gasteiger partial charge in [0.2, 0.25) is 16.7 Å². The summed E-state index contributed by atoms with van der Waals surface area (Å²) in [5.74, 6) is -1.68. The van der Waals surface area contributed by atoms with Crippen molar-refractivity contribution in [1.29, 1.82) is 0 Å². The number of alkyl halides is 6. The van der Waals surface area contributed by atoms with E-state index in [4.69, 9.17) is 0 Å². The van der Waals surface area contributed by atoms with Gasteiger partial charge in [-0.05, 0) is 18.9 Å². The highest BCUT2D eigenvalue weighted by molar-refractivity contribution is 7.16. The second-order valence-corrected chi connectivity index (χ2v) is 9.50. The molecular weight excluding hydrogens is 540 g/mol. The van der Waals surface area contributed by atoms with Crippen molar-refractivity contribution in [2.45, 2.75) is 44.7 Å². The molecule has 16 heteroatoms. The van der Waals surface area contributed by atoms with Crippen LogP contribution in [-0.2, 0) is 30.1 Å². The second-order valence-electron chi connectivity index (χ2n) is 8.52. The molecule has 38 heavy (non-hydrogen) atoms. The van der Waals surface area contributed by atoms with Gasteiger partial charge in [-0.1, -0.05) is 18.3 Å². The zero-order valence-electron chi connectivity index (χ0n) is 20.0. The monoisotopic (exact) mass is 563 g/mol. The molecule has 1 atom stereocenters. The Labute approximate surface area is 216 Å². The number of aromatic nitrogens is 5. The third-order valence-electron chi connectivity index (χ3n) is 5.94. The van der Waals surface area contributed by atoms with Crippen LogP contribution in [0.2, 0.25) is 0 Å². The number of halogens is 6. The summed E-state index contributed by atoms with van der Waals surface area (Å²) in [6.45, 7) is 2.00. The maximum Gasteiger partial charge on any atom is 0.451 e. The first-order chi connectivity index (χ1) is 17.9. The smallest absolute Gasteiger partial charge is 0.396 e. The van der Waals surface area contributed by atoms with Crippen LogP contribution in [0.4, 0.5) is 31.3 Å². The van der Waals surface area contributed by atoms with Gasteiger partial charge in [0.1, 0.15) is 17.2 Å². The summed E-state index contributed by atoms with van der Waals surface area (Å²) in [6.07, 6.45) is -5.47. The Morgan fingerprint density at radius 1 is 1.13 bits per heavy atom. The number of hydrogen-bond acceptors (Lipinski definition) is 8. The van der Waals surface area contributed by atoms with E-state index in [1.54, 1.807) is 22.1 Å². The average molecular weight is 564 g/mol. The van der Waals surface area contributed by atoms with Crippen molar-refractivity contribution in [3.8, 4) is 11.3 Å². The van der Waals surface area contributed by atoms with Gasteiger partial charge >= 0.3 is 12.4 Å². The summed E-state index contributed by atoms with van der Waals surface area (Å²) in [5.41, 5.74) is 0.504. The van der Waals surface area contributed by atoms with Crippen LogP contribution in [0, 0.1) is 0 Å². The highest BCUT2D eigenvalue weighted by Crippen LogP contribution is 2.43. The van der Waals surface area contributed by atoms with Gasteiger partial charge in [-0.15, -0.1) is 0 Å². The molecule has 1 aliphatic heterocycles. The summed E-state index contributed by atoms with van der Waals surface area (Å²) in [4.78, 5) is 26.3. The average Bonchev–Trinajstić information content (AvgIpc) is 3.51. The van der Waals surface area contributed by atoms with E-state index in [9.17, 15) is 36.2 Å². The molecule has 4 rings (SSSR count). The number of carbonyl (C=O) groups is 1. The summed E-state index contributed by atoms with van der Waals surface area (Å²) >= 11 is 0.347. The highest BCUT2D eigenvalue weighted by Gasteiger charge is 2.39. The number of aliphatic hydroxyl groups is 1. The molecule has 1 saturated heterocycles. The summed E-state index contributed by atoms with van der Waals surface area (Å²) < 4.78 is 80.7. The number of amides is 1. The topological polar surface area (TPSA) is 100 Å². The highest BCUT2D eigenvalue weighted by atomic mass is 32.1. The molecule has 1 fully saturated rings. The Morgan fingerprint density at radius 2 is 1.84 bits per heavy atom. The lowest BCUT2D eigenvalue weighted by Crippen LogP contribution is -2.56. The summed E-state index contributed by atoms with van der Waals surface area (Å²) in [7, 11) is 0. The zero-order valence-corrected chi connectivity index (χ0v) is 20.8.